The van der Waals surface area contributed by atoms with Gasteiger partial charge in [0.1, 0.15) is 0 Å². The highest BCUT2D eigenvalue weighted by atomic mass is 16.2. The highest BCUT2D eigenvalue weighted by Gasteiger charge is 2.14. The first-order valence-corrected chi connectivity index (χ1v) is 8.81. The van der Waals surface area contributed by atoms with Gasteiger partial charge in [-0.05, 0) is 12.1 Å². The second-order valence-corrected chi connectivity index (χ2v) is 6.12. The lowest BCUT2D eigenvalue weighted by Gasteiger charge is -2.08. The number of rotatable bonds is 6. The van der Waals surface area contributed by atoms with E-state index < -0.39 is 5.91 Å². The Labute approximate surface area is 167 Å². The number of ketones is 1. The van der Waals surface area contributed by atoms with Crippen molar-refractivity contribution >= 4 is 23.4 Å². The van der Waals surface area contributed by atoms with Gasteiger partial charge in [0, 0.05) is 23.7 Å². The summed E-state index contributed by atoms with van der Waals surface area (Å²) in [4.78, 5) is 44.4. The second kappa shape index (κ2) is 8.75. The molecule has 0 spiro atoms. The zero-order valence-corrected chi connectivity index (χ0v) is 15.7. The van der Waals surface area contributed by atoms with Gasteiger partial charge in [0.05, 0.1) is 18.4 Å². The molecule has 0 aliphatic carbocycles. The maximum absolute atomic E-state index is 12.3. The summed E-state index contributed by atoms with van der Waals surface area (Å²) < 4.78 is 0. The maximum atomic E-state index is 12.3. The zero-order valence-electron chi connectivity index (χ0n) is 15.7. The summed E-state index contributed by atoms with van der Waals surface area (Å²) in [6, 6.07) is 15.3. The number of hydrogen-bond acceptors (Lipinski definition) is 6. The molecule has 4 N–H and O–H groups in total. The number of benzene rings is 2. The third-order valence-corrected chi connectivity index (χ3v) is 4.19. The van der Waals surface area contributed by atoms with E-state index in [2.05, 4.69) is 20.6 Å². The molecule has 0 atom stereocenters. The summed E-state index contributed by atoms with van der Waals surface area (Å²) in [6.45, 7) is -0.0937. The molecule has 0 aliphatic heterocycles. The standard InChI is InChI=1S/C21H19N5O3/c1-23-21(29)18-19(22)24-11-16(26-18)13-7-9-15(10-8-13)20(28)25-12-17(27)14-5-3-2-4-6-14/h2-11H,12H2,1H3,(H2,22,24)(H,23,29)(H,25,28). The summed E-state index contributed by atoms with van der Waals surface area (Å²) in [6.07, 6.45) is 1.45. The third kappa shape index (κ3) is 4.62. The monoisotopic (exact) mass is 389 g/mol. The fourth-order valence-electron chi connectivity index (χ4n) is 2.60. The van der Waals surface area contributed by atoms with Crippen LogP contribution in [0.1, 0.15) is 31.2 Å². The van der Waals surface area contributed by atoms with Gasteiger partial charge in [0.25, 0.3) is 11.8 Å². The van der Waals surface area contributed by atoms with Gasteiger partial charge >= 0.3 is 0 Å². The predicted octanol–water partition coefficient (Wildman–Crippen LogP) is 1.70. The molecular formula is C21H19N5O3. The van der Waals surface area contributed by atoms with Crippen LogP contribution in [0.2, 0.25) is 0 Å². The van der Waals surface area contributed by atoms with Crippen LogP contribution >= 0.6 is 0 Å². The number of hydrogen-bond donors (Lipinski definition) is 3. The highest BCUT2D eigenvalue weighted by molar-refractivity contribution is 6.02. The van der Waals surface area contributed by atoms with E-state index in [0.717, 1.165) is 0 Å². The molecule has 8 nitrogen and oxygen atoms in total. The number of Topliss-reactive ketones (excluding diaryl/α,β-unsaturated/α-hetero) is 1. The molecule has 0 radical (unpaired) electrons. The molecule has 2 aromatic carbocycles. The Morgan fingerprint density at radius 1 is 0.931 bits per heavy atom. The molecule has 0 bridgehead atoms. The number of anilines is 1. The average molecular weight is 389 g/mol. The third-order valence-electron chi connectivity index (χ3n) is 4.19. The van der Waals surface area contributed by atoms with Crippen molar-refractivity contribution in [2.45, 2.75) is 0 Å². The number of carbonyl (C=O) groups is 3. The van der Waals surface area contributed by atoms with Crippen LogP contribution in [0.25, 0.3) is 11.3 Å². The van der Waals surface area contributed by atoms with Crippen LogP contribution in [0.4, 0.5) is 5.82 Å². The van der Waals surface area contributed by atoms with Crippen LogP contribution in [0.5, 0.6) is 0 Å². The van der Waals surface area contributed by atoms with Crippen molar-refractivity contribution in [2.24, 2.45) is 0 Å². The molecule has 0 fully saturated rings. The molecule has 3 aromatic rings. The number of nitrogens with zero attached hydrogens (tertiary/aromatic N) is 2. The summed E-state index contributed by atoms with van der Waals surface area (Å²) in [5.41, 5.74) is 7.77. The Kier molecular flexibility index (Phi) is 5.94. The van der Waals surface area contributed by atoms with E-state index in [9.17, 15) is 14.4 Å². The molecular weight excluding hydrogens is 370 g/mol. The minimum Gasteiger partial charge on any atom is -0.382 e. The smallest absolute Gasteiger partial charge is 0.273 e. The molecule has 8 heteroatoms. The fraction of sp³-hybridized carbons (Fsp3) is 0.0952. The number of nitrogens with two attached hydrogens (primary N) is 1. The molecule has 0 saturated carbocycles. The topological polar surface area (TPSA) is 127 Å². The Morgan fingerprint density at radius 3 is 2.28 bits per heavy atom. The van der Waals surface area contributed by atoms with Gasteiger partial charge < -0.3 is 16.4 Å². The quantitative estimate of drug-likeness (QED) is 0.551. The minimum absolute atomic E-state index is 0.0336. The van der Waals surface area contributed by atoms with E-state index in [4.69, 9.17) is 5.73 Å². The van der Waals surface area contributed by atoms with E-state index in [1.807, 2.05) is 6.07 Å². The van der Waals surface area contributed by atoms with Crippen molar-refractivity contribution in [1.29, 1.82) is 0 Å². The molecule has 3 rings (SSSR count). The van der Waals surface area contributed by atoms with Crippen molar-refractivity contribution in [3.63, 3.8) is 0 Å². The minimum atomic E-state index is -0.434. The largest absolute Gasteiger partial charge is 0.382 e. The van der Waals surface area contributed by atoms with E-state index >= 15 is 0 Å². The number of amides is 2. The van der Waals surface area contributed by atoms with E-state index in [-0.39, 0.29) is 29.7 Å². The lowest BCUT2D eigenvalue weighted by atomic mass is 10.1. The maximum Gasteiger partial charge on any atom is 0.273 e. The van der Waals surface area contributed by atoms with Crippen molar-refractivity contribution < 1.29 is 14.4 Å². The van der Waals surface area contributed by atoms with Gasteiger partial charge in [-0.2, -0.15) is 0 Å². The predicted molar refractivity (Wildman–Crippen MR) is 108 cm³/mol. The molecule has 0 unspecified atom stereocenters. The van der Waals surface area contributed by atoms with Gasteiger partial charge in [-0.15, -0.1) is 0 Å². The van der Waals surface area contributed by atoms with Crippen molar-refractivity contribution in [1.82, 2.24) is 20.6 Å². The van der Waals surface area contributed by atoms with Crippen LogP contribution in [0.15, 0.2) is 60.8 Å². The van der Waals surface area contributed by atoms with Crippen molar-refractivity contribution in [3.8, 4) is 11.3 Å². The highest BCUT2D eigenvalue weighted by Crippen LogP contribution is 2.19. The van der Waals surface area contributed by atoms with Gasteiger partial charge in [-0.1, -0.05) is 42.5 Å². The first-order valence-electron chi connectivity index (χ1n) is 8.81. The molecule has 0 aliphatic rings. The van der Waals surface area contributed by atoms with Gasteiger partial charge in [0.2, 0.25) is 0 Å². The molecule has 29 heavy (non-hydrogen) atoms. The van der Waals surface area contributed by atoms with Gasteiger partial charge in [-0.3, -0.25) is 14.4 Å². The summed E-state index contributed by atoms with van der Waals surface area (Å²) in [5, 5.41) is 5.07. The molecule has 1 aromatic heterocycles. The van der Waals surface area contributed by atoms with E-state index in [1.165, 1.54) is 13.2 Å². The normalized spacial score (nSPS) is 10.2. The molecule has 1 heterocycles. The lowest BCUT2D eigenvalue weighted by molar-refractivity contribution is 0.0904. The number of nitrogen functional groups attached to an aromatic ring is 1. The van der Waals surface area contributed by atoms with Gasteiger partial charge in [0.15, 0.2) is 17.3 Å². The SMILES string of the molecule is CNC(=O)c1nc(-c2ccc(C(=O)NCC(=O)c3ccccc3)cc2)cnc1N. The van der Waals surface area contributed by atoms with Crippen molar-refractivity contribution in [3.05, 3.63) is 77.6 Å². The van der Waals surface area contributed by atoms with Gasteiger partial charge in [-0.25, -0.2) is 9.97 Å². The van der Waals surface area contributed by atoms with Crippen molar-refractivity contribution in [2.75, 3.05) is 19.3 Å². The van der Waals surface area contributed by atoms with E-state index in [1.54, 1.807) is 48.5 Å². The average Bonchev–Trinajstić information content (AvgIpc) is 2.77. The summed E-state index contributed by atoms with van der Waals surface area (Å²) in [5.74, 6) is -0.937. The first-order chi connectivity index (χ1) is 14.0. The van der Waals surface area contributed by atoms with Crippen LogP contribution in [0, 0.1) is 0 Å². The first kappa shape index (κ1) is 19.7. The van der Waals surface area contributed by atoms with Crippen LogP contribution < -0.4 is 16.4 Å². The van der Waals surface area contributed by atoms with Crippen LogP contribution in [-0.2, 0) is 0 Å². The fourth-order valence-corrected chi connectivity index (χ4v) is 2.60. The van der Waals surface area contributed by atoms with E-state index in [0.29, 0.717) is 22.4 Å². The zero-order chi connectivity index (χ0) is 20.8. The molecule has 0 saturated heterocycles. The van der Waals surface area contributed by atoms with Crippen LogP contribution in [-0.4, -0.2) is 41.2 Å². The Balaban J connectivity index is 1.69. The Morgan fingerprint density at radius 2 is 1.62 bits per heavy atom. The molecule has 146 valence electrons. The number of nitrogens with one attached hydrogen (secondary N) is 2. The second-order valence-electron chi connectivity index (χ2n) is 6.12. The Bertz CT molecular complexity index is 1050. The van der Waals surface area contributed by atoms with Crippen LogP contribution in [0.3, 0.4) is 0 Å². The Hall–Kier alpha value is -4.07. The number of carbonyl (C=O) groups excluding carboxylic acids is 3. The lowest BCUT2D eigenvalue weighted by Crippen LogP contribution is -2.29. The summed E-state index contributed by atoms with van der Waals surface area (Å²) in [7, 11) is 1.48. The molecule has 2 amide bonds. The summed E-state index contributed by atoms with van der Waals surface area (Å²) >= 11 is 0. The number of aromatic nitrogens is 2.